The highest BCUT2D eigenvalue weighted by Crippen LogP contribution is 2.38. The van der Waals surface area contributed by atoms with E-state index in [2.05, 4.69) is 16.5 Å². The number of fused-ring (bicyclic) bond motifs is 2. The average molecular weight is 418 g/mol. The van der Waals surface area contributed by atoms with Crippen LogP contribution in [0, 0.1) is 0 Å². The molecule has 1 aromatic carbocycles. The summed E-state index contributed by atoms with van der Waals surface area (Å²) in [5.74, 6) is -0.613. The van der Waals surface area contributed by atoms with Gasteiger partial charge in [0.05, 0.1) is 30.1 Å². The molecule has 0 radical (unpaired) electrons. The third kappa shape index (κ3) is 4.24. The van der Waals surface area contributed by atoms with Crippen LogP contribution in [0.5, 0.6) is 0 Å². The molecule has 2 aliphatic carbocycles. The van der Waals surface area contributed by atoms with Crippen molar-refractivity contribution in [2.75, 3.05) is 11.9 Å². The number of benzene rings is 1. The lowest BCUT2D eigenvalue weighted by Gasteiger charge is -2.19. The number of halogens is 1. The summed E-state index contributed by atoms with van der Waals surface area (Å²) >= 11 is 5.89. The molecule has 1 N–H and O–H groups in total. The molecular formula is C21H24ClN3O4. The van der Waals surface area contributed by atoms with Crippen LogP contribution < -0.4 is 5.32 Å². The Hall–Kier alpha value is -2.54. The Kier molecular flexibility index (Phi) is 5.76. The van der Waals surface area contributed by atoms with Crippen LogP contribution >= 0.6 is 11.6 Å². The van der Waals surface area contributed by atoms with E-state index in [-0.39, 0.29) is 13.2 Å². The minimum Gasteiger partial charge on any atom is -0.463 e. The molecule has 1 amide bonds. The van der Waals surface area contributed by atoms with Crippen molar-refractivity contribution in [1.82, 2.24) is 9.78 Å². The first kappa shape index (κ1) is 19.8. The fourth-order valence-electron chi connectivity index (χ4n) is 4.23. The molecule has 1 atom stereocenters. The van der Waals surface area contributed by atoms with Gasteiger partial charge in [0.1, 0.15) is 0 Å². The number of esters is 1. The summed E-state index contributed by atoms with van der Waals surface area (Å²) in [6.45, 7) is 1.93. The van der Waals surface area contributed by atoms with Gasteiger partial charge in [-0.1, -0.05) is 17.7 Å². The highest BCUT2D eigenvalue weighted by molar-refractivity contribution is 6.30. The molecule has 154 valence electrons. The van der Waals surface area contributed by atoms with Crippen molar-refractivity contribution in [2.24, 2.45) is 0 Å². The van der Waals surface area contributed by atoms with Crippen molar-refractivity contribution in [3.05, 3.63) is 45.7 Å². The summed E-state index contributed by atoms with van der Waals surface area (Å²) < 4.78 is 12.0. The van der Waals surface area contributed by atoms with E-state index in [4.69, 9.17) is 21.1 Å². The van der Waals surface area contributed by atoms with E-state index in [0.717, 1.165) is 44.2 Å². The number of nitrogens with one attached hydrogen (secondary N) is 1. The number of aromatic nitrogens is 2. The molecule has 0 aliphatic heterocycles. The number of anilines is 1. The van der Waals surface area contributed by atoms with Crippen LogP contribution in [0.25, 0.3) is 0 Å². The Morgan fingerprint density at radius 2 is 1.90 bits per heavy atom. The number of carbonyl (C=O) groups is 2. The number of ether oxygens (including phenoxy) is 2. The van der Waals surface area contributed by atoms with Gasteiger partial charge in [-0.05, 0) is 67.7 Å². The van der Waals surface area contributed by atoms with Gasteiger partial charge in [-0.3, -0.25) is 10.00 Å². The highest BCUT2D eigenvalue weighted by atomic mass is 35.5. The van der Waals surface area contributed by atoms with Crippen molar-refractivity contribution < 1.29 is 19.1 Å². The van der Waals surface area contributed by atoms with E-state index >= 15 is 0 Å². The van der Waals surface area contributed by atoms with Crippen LogP contribution in [-0.4, -0.2) is 34.6 Å². The van der Waals surface area contributed by atoms with E-state index in [9.17, 15) is 9.59 Å². The van der Waals surface area contributed by atoms with Crippen molar-refractivity contribution in [1.29, 1.82) is 0 Å². The van der Waals surface area contributed by atoms with E-state index in [1.165, 1.54) is 33.1 Å². The van der Waals surface area contributed by atoms with Gasteiger partial charge in [0.2, 0.25) is 6.10 Å². The van der Waals surface area contributed by atoms with E-state index < -0.39 is 18.2 Å². The number of aryl methyl sites for hydroxylation is 2. The summed E-state index contributed by atoms with van der Waals surface area (Å²) in [6, 6.07) is 2.30. The Bertz CT molecular complexity index is 908. The Labute approximate surface area is 174 Å². The maximum atomic E-state index is 12.7. The summed E-state index contributed by atoms with van der Waals surface area (Å²) in [6.07, 6.45) is 7.41. The number of hydrogen-bond acceptors (Lipinski definition) is 5. The van der Waals surface area contributed by atoms with Crippen LogP contribution in [0.15, 0.2) is 18.5 Å². The standard InChI is InChI=1S/C21H24ClN3O4/c1-2-28-20(26)18(12-25-11-15(22)10-23-25)29-21(27)24-19-16-7-3-5-13(16)9-14-6-4-8-17(14)19/h9-11,18H,2-8,12H2,1H3,(H,24,27). The molecule has 0 saturated carbocycles. The topological polar surface area (TPSA) is 82.5 Å². The Morgan fingerprint density at radius 1 is 1.21 bits per heavy atom. The van der Waals surface area contributed by atoms with Crippen molar-refractivity contribution in [3.8, 4) is 0 Å². The first-order chi connectivity index (χ1) is 14.0. The molecule has 7 nitrogen and oxygen atoms in total. The molecule has 1 unspecified atom stereocenters. The fraction of sp³-hybridized carbons (Fsp3) is 0.476. The second-order valence-corrected chi connectivity index (χ2v) is 7.82. The van der Waals surface area contributed by atoms with Gasteiger partial charge in [-0.15, -0.1) is 0 Å². The highest BCUT2D eigenvalue weighted by Gasteiger charge is 2.29. The van der Waals surface area contributed by atoms with Crippen molar-refractivity contribution >= 4 is 29.4 Å². The summed E-state index contributed by atoms with van der Waals surface area (Å²) in [5, 5.41) is 7.42. The van der Waals surface area contributed by atoms with Gasteiger partial charge in [0, 0.05) is 6.20 Å². The predicted octanol–water partition coefficient (Wildman–Crippen LogP) is 3.69. The first-order valence-electron chi connectivity index (χ1n) is 10.0. The van der Waals surface area contributed by atoms with E-state index in [1.807, 2.05) is 0 Å². The van der Waals surface area contributed by atoms with Crippen molar-refractivity contribution in [2.45, 2.75) is 58.1 Å². The number of nitrogens with zero attached hydrogens (tertiary/aromatic N) is 2. The third-order valence-corrected chi connectivity index (χ3v) is 5.65. The quantitative estimate of drug-likeness (QED) is 0.725. The number of carbonyl (C=O) groups excluding carboxylic acids is 2. The lowest BCUT2D eigenvalue weighted by Crippen LogP contribution is -2.35. The number of rotatable bonds is 6. The Balaban J connectivity index is 1.52. The molecule has 8 heteroatoms. The van der Waals surface area contributed by atoms with Crippen LogP contribution in [0.1, 0.15) is 42.0 Å². The zero-order chi connectivity index (χ0) is 20.4. The molecule has 2 aromatic rings. The summed E-state index contributed by atoms with van der Waals surface area (Å²) in [5.41, 5.74) is 5.91. The first-order valence-corrected chi connectivity index (χ1v) is 10.4. The second-order valence-electron chi connectivity index (χ2n) is 7.39. The molecule has 1 aromatic heterocycles. The molecule has 4 rings (SSSR count). The fourth-order valence-corrected chi connectivity index (χ4v) is 4.39. The molecule has 0 fully saturated rings. The molecular weight excluding hydrogens is 394 g/mol. The normalized spacial score (nSPS) is 15.5. The zero-order valence-corrected chi connectivity index (χ0v) is 17.1. The SMILES string of the molecule is CCOC(=O)C(Cn1cc(Cl)cn1)OC(=O)Nc1c2c(cc3c1CCC3)CCC2. The molecule has 1 heterocycles. The van der Waals surface area contributed by atoms with Gasteiger partial charge in [0.15, 0.2) is 0 Å². The lowest BCUT2D eigenvalue weighted by atomic mass is 9.99. The van der Waals surface area contributed by atoms with Gasteiger partial charge in [-0.25, -0.2) is 9.59 Å². The minimum atomic E-state index is -1.12. The maximum Gasteiger partial charge on any atom is 0.412 e. The largest absolute Gasteiger partial charge is 0.463 e. The third-order valence-electron chi connectivity index (χ3n) is 5.45. The van der Waals surface area contributed by atoms with Crippen molar-refractivity contribution in [3.63, 3.8) is 0 Å². The number of amides is 1. The molecule has 0 spiro atoms. The summed E-state index contributed by atoms with van der Waals surface area (Å²) in [7, 11) is 0. The predicted molar refractivity (Wildman–Crippen MR) is 108 cm³/mol. The smallest absolute Gasteiger partial charge is 0.412 e. The maximum absolute atomic E-state index is 12.7. The van der Waals surface area contributed by atoms with E-state index in [1.54, 1.807) is 13.1 Å². The minimum absolute atomic E-state index is 0.0317. The van der Waals surface area contributed by atoms with Gasteiger partial charge < -0.3 is 9.47 Å². The van der Waals surface area contributed by atoms with Gasteiger partial charge in [0.25, 0.3) is 0 Å². The van der Waals surface area contributed by atoms with E-state index in [0.29, 0.717) is 5.02 Å². The Morgan fingerprint density at radius 3 is 2.48 bits per heavy atom. The molecule has 0 saturated heterocycles. The van der Waals surface area contributed by atoms with Gasteiger partial charge in [-0.2, -0.15) is 5.10 Å². The van der Waals surface area contributed by atoms with Crippen LogP contribution in [0.4, 0.5) is 10.5 Å². The second kappa shape index (κ2) is 8.45. The molecule has 0 bridgehead atoms. The van der Waals surface area contributed by atoms with Crippen LogP contribution in [0.2, 0.25) is 5.02 Å². The summed E-state index contributed by atoms with van der Waals surface area (Å²) in [4.78, 5) is 25.0. The van der Waals surface area contributed by atoms with Gasteiger partial charge >= 0.3 is 12.1 Å². The average Bonchev–Trinajstić information content (AvgIpc) is 3.42. The molecule has 29 heavy (non-hydrogen) atoms. The van der Waals surface area contributed by atoms with Crippen LogP contribution in [0.3, 0.4) is 0 Å². The zero-order valence-electron chi connectivity index (χ0n) is 16.4. The monoisotopic (exact) mass is 417 g/mol. The number of hydrogen-bond donors (Lipinski definition) is 1. The molecule has 2 aliphatic rings. The van der Waals surface area contributed by atoms with Crippen LogP contribution in [-0.2, 0) is 46.5 Å². The lowest BCUT2D eigenvalue weighted by molar-refractivity contribution is -0.153.